The first-order chi connectivity index (χ1) is 7.02. The van der Waals surface area contributed by atoms with E-state index in [0.29, 0.717) is 22.1 Å². The molecule has 15 heavy (non-hydrogen) atoms. The minimum Gasteiger partial charge on any atom is -0.477 e. The van der Waals surface area contributed by atoms with Crippen LogP contribution in [0, 0.1) is 13.8 Å². The number of halogens is 1. The summed E-state index contributed by atoms with van der Waals surface area (Å²) in [6.45, 7) is 3.44. The second kappa shape index (κ2) is 3.24. The number of aromatic carboxylic acids is 1. The van der Waals surface area contributed by atoms with Crippen molar-refractivity contribution in [3.8, 4) is 0 Å². The van der Waals surface area contributed by atoms with Gasteiger partial charge in [-0.1, -0.05) is 11.6 Å². The van der Waals surface area contributed by atoms with E-state index in [9.17, 15) is 4.79 Å². The van der Waals surface area contributed by atoms with Crippen molar-refractivity contribution in [1.82, 2.24) is 9.38 Å². The average molecular weight is 225 g/mol. The molecule has 0 spiro atoms. The molecule has 0 saturated carbocycles. The van der Waals surface area contributed by atoms with Crippen LogP contribution in [0.2, 0.25) is 5.02 Å². The number of imidazole rings is 1. The van der Waals surface area contributed by atoms with Crippen LogP contribution in [0.25, 0.3) is 5.65 Å². The molecular formula is C10H9ClN2O2. The van der Waals surface area contributed by atoms with Gasteiger partial charge in [0, 0.05) is 5.69 Å². The molecule has 0 bridgehead atoms. The summed E-state index contributed by atoms with van der Waals surface area (Å²) in [6.07, 6.45) is 0. The quantitative estimate of drug-likeness (QED) is 0.809. The molecule has 2 heterocycles. The Hall–Kier alpha value is -1.55. The fourth-order valence-corrected chi connectivity index (χ4v) is 1.78. The van der Waals surface area contributed by atoms with Gasteiger partial charge in [0.05, 0.1) is 10.7 Å². The molecule has 5 heteroatoms. The van der Waals surface area contributed by atoms with Crippen molar-refractivity contribution in [2.24, 2.45) is 0 Å². The van der Waals surface area contributed by atoms with Gasteiger partial charge in [-0.2, -0.15) is 0 Å². The first-order valence-electron chi connectivity index (χ1n) is 4.40. The van der Waals surface area contributed by atoms with E-state index in [0.717, 1.165) is 0 Å². The van der Waals surface area contributed by atoms with Crippen LogP contribution in [0.5, 0.6) is 0 Å². The molecular weight excluding hydrogens is 216 g/mol. The van der Waals surface area contributed by atoms with E-state index in [1.807, 2.05) is 0 Å². The fourth-order valence-electron chi connectivity index (χ4n) is 1.63. The van der Waals surface area contributed by atoms with Gasteiger partial charge in [0.1, 0.15) is 5.65 Å². The van der Waals surface area contributed by atoms with Crippen molar-refractivity contribution in [2.75, 3.05) is 0 Å². The molecule has 0 saturated heterocycles. The summed E-state index contributed by atoms with van der Waals surface area (Å²) in [4.78, 5) is 15.2. The molecule has 0 aromatic carbocycles. The van der Waals surface area contributed by atoms with E-state index in [1.165, 1.54) is 0 Å². The maximum Gasteiger partial charge on any atom is 0.354 e. The number of fused-ring (bicyclic) bond motifs is 1. The predicted molar refractivity (Wildman–Crippen MR) is 56.6 cm³/mol. The predicted octanol–water partition coefficient (Wildman–Crippen LogP) is 2.30. The normalized spacial score (nSPS) is 10.9. The Balaban J connectivity index is 2.96. The number of hydrogen-bond donors (Lipinski definition) is 1. The van der Waals surface area contributed by atoms with E-state index >= 15 is 0 Å². The van der Waals surface area contributed by atoms with Crippen molar-refractivity contribution >= 4 is 23.2 Å². The minimum atomic E-state index is -0.995. The molecule has 2 aromatic heterocycles. The third-order valence-corrected chi connectivity index (χ3v) is 2.74. The fraction of sp³-hybridized carbons (Fsp3) is 0.200. The number of aromatic nitrogens is 2. The zero-order chi connectivity index (χ0) is 11.2. The maximum atomic E-state index is 11.1. The van der Waals surface area contributed by atoms with Crippen molar-refractivity contribution in [3.63, 3.8) is 0 Å². The smallest absolute Gasteiger partial charge is 0.354 e. The van der Waals surface area contributed by atoms with Crippen LogP contribution in [0.15, 0.2) is 12.1 Å². The van der Waals surface area contributed by atoms with E-state index in [2.05, 4.69) is 4.98 Å². The van der Waals surface area contributed by atoms with Gasteiger partial charge in [-0.3, -0.25) is 4.40 Å². The SMILES string of the molecule is Cc1nc2ccc(Cl)c(C)n2c1C(=O)O. The summed E-state index contributed by atoms with van der Waals surface area (Å²) in [5.41, 5.74) is 1.96. The molecule has 2 rings (SSSR count). The molecule has 4 nitrogen and oxygen atoms in total. The Kier molecular flexibility index (Phi) is 2.16. The summed E-state index contributed by atoms with van der Waals surface area (Å²) < 4.78 is 1.56. The molecule has 1 N–H and O–H groups in total. The first-order valence-corrected chi connectivity index (χ1v) is 4.77. The summed E-state index contributed by atoms with van der Waals surface area (Å²) in [5.74, 6) is -0.995. The lowest BCUT2D eigenvalue weighted by Crippen LogP contribution is -2.05. The summed E-state index contributed by atoms with van der Waals surface area (Å²) >= 11 is 5.93. The molecule has 0 unspecified atom stereocenters. The highest BCUT2D eigenvalue weighted by atomic mass is 35.5. The van der Waals surface area contributed by atoms with Crippen LogP contribution >= 0.6 is 11.6 Å². The Morgan fingerprint density at radius 1 is 1.47 bits per heavy atom. The van der Waals surface area contributed by atoms with Gasteiger partial charge in [-0.25, -0.2) is 9.78 Å². The molecule has 78 valence electrons. The number of carboxylic acids is 1. The number of aryl methyl sites for hydroxylation is 2. The van der Waals surface area contributed by atoms with Crippen LogP contribution < -0.4 is 0 Å². The van der Waals surface area contributed by atoms with Crippen molar-refractivity contribution in [1.29, 1.82) is 0 Å². The highest BCUT2D eigenvalue weighted by Gasteiger charge is 2.17. The number of carboxylic acid groups (broad SMARTS) is 1. The summed E-state index contributed by atoms with van der Waals surface area (Å²) in [5, 5.41) is 9.59. The van der Waals surface area contributed by atoms with Gasteiger partial charge in [-0.05, 0) is 26.0 Å². The highest BCUT2D eigenvalue weighted by Crippen LogP contribution is 2.20. The zero-order valence-corrected chi connectivity index (χ0v) is 9.04. The largest absolute Gasteiger partial charge is 0.477 e. The number of pyridine rings is 1. The Morgan fingerprint density at radius 3 is 2.73 bits per heavy atom. The summed E-state index contributed by atoms with van der Waals surface area (Å²) in [6, 6.07) is 3.42. The Bertz CT molecular complexity index is 560. The number of hydrogen-bond acceptors (Lipinski definition) is 2. The second-order valence-electron chi connectivity index (χ2n) is 3.31. The third kappa shape index (κ3) is 1.37. The number of carbonyl (C=O) groups is 1. The molecule has 0 aliphatic rings. The van der Waals surface area contributed by atoms with Gasteiger partial charge in [0.2, 0.25) is 0 Å². The molecule has 0 radical (unpaired) electrons. The third-order valence-electron chi connectivity index (χ3n) is 2.34. The monoisotopic (exact) mass is 224 g/mol. The average Bonchev–Trinajstić information content (AvgIpc) is 2.49. The van der Waals surface area contributed by atoms with Gasteiger partial charge >= 0.3 is 5.97 Å². The van der Waals surface area contributed by atoms with Crippen LogP contribution in [-0.2, 0) is 0 Å². The van der Waals surface area contributed by atoms with Crippen LogP contribution in [-0.4, -0.2) is 20.5 Å². The van der Waals surface area contributed by atoms with E-state index in [4.69, 9.17) is 16.7 Å². The number of nitrogens with zero attached hydrogens (tertiary/aromatic N) is 2. The zero-order valence-electron chi connectivity index (χ0n) is 8.28. The Morgan fingerprint density at radius 2 is 2.13 bits per heavy atom. The van der Waals surface area contributed by atoms with E-state index in [1.54, 1.807) is 30.4 Å². The lowest BCUT2D eigenvalue weighted by Gasteiger charge is -2.04. The van der Waals surface area contributed by atoms with Crippen molar-refractivity contribution in [2.45, 2.75) is 13.8 Å². The van der Waals surface area contributed by atoms with Crippen LogP contribution in [0.1, 0.15) is 21.9 Å². The van der Waals surface area contributed by atoms with Crippen LogP contribution in [0.3, 0.4) is 0 Å². The standard InChI is InChI=1S/C10H9ClN2O2/c1-5-9(10(14)15)13-6(2)7(11)3-4-8(13)12-5/h3-4H,1-2H3,(H,14,15). The van der Waals surface area contributed by atoms with Gasteiger partial charge < -0.3 is 5.11 Å². The molecule has 0 amide bonds. The van der Waals surface area contributed by atoms with Crippen molar-refractivity contribution in [3.05, 3.63) is 34.2 Å². The highest BCUT2D eigenvalue weighted by molar-refractivity contribution is 6.31. The topological polar surface area (TPSA) is 54.6 Å². The molecule has 0 aliphatic carbocycles. The van der Waals surface area contributed by atoms with E-state index < -0.39 is 5.97 Å². The van der Waals surface area contributed by atoms with Gasteiger partial charge in [0.25, 0.3) is 0 Å². The molecule has 0 atom stereocenters. The minimum absolute atomic E-state index is 0.171. The summed E-state index contributed by atoms with van der Waals surface area (Å²) in [7, 11) is 0. The second-order valence-corrected chi connectivity index (χ2v) is 3.72. The van der Waals surface area contributed by atoms with E-state index in [-0.39, 0.29) is 5.69 Å². The lowest BCUT2D eigenvalue weighted by atomic mass is 10.3. The number of rotatable bonds is 1. The van der Waals surface area contributed by atoms with Crippen LogP contribution in [0.4, 0.5) is 0 Å². The van der Waals surface area contributed by atoms with Gasteiger partial charge in [-0.15, -0.1) is 0 Å². The first kappa shape index (κ1) is 9.98. The van der Waals surface area contributed by atoms with Gasteiger partial charge in [0.15, 0.2) is 5.69 Å². The molecule has 0 aliphatic heterocycles. The molecule has 2 aromatic rings. The maximum absolute atomic E-state index is 11.1. The molecule has 0 fully saturated rings. The Labute approximate surface area is 91.1 Å². The lowest BCUT2D eigenvalue weighted by molar-refractivity contribution is 0.0688. The van der Waals surface area contributed by atoms with Crippen molar-refractivity contribution < 1.29 is 9.90 Å².